The topological polar surface area (TPSA) is 54.4 Å². The molecule has 3 aromatic carbocycles. The second kappa shape index (κ2) is 7.68. The van der Waals surface area contributed by atoms with Gasteiger partial charge >= 0.3 is 0 Å². The van der Waals surface area contributed by atoms with Crippen molar-refractivity contribution >= 4 is 56.2 Å². The Kier molecular flexibility index (Phi) is 4.95. The van der Waals surface area contributed by atoms with Gasteiger partial charge in [0.05, 0.1) is 22.2 Å². The Balaban J connectivity index is 1.36. The highest BCUT2D eigenvalue weighted by molar-refractivity contribution is 8.01. The molecule has 4 nitrogen and oxygen atoms in total. The molecule has 0 unspecified atom stereocenters. The minimum Gasteiger partial charge on any atom is -0.272 e. The Labute approximate surface area is 159 Å². The number of fused-ring (bicyclic) bond motifs is 2. The van der Waals surface area contributed by atoms with Gasteiger partial charge < -0.3 is 0 Å². The monoisotopic (exact) mass is 377 g/mol. The first-order valence-electron chi connectivity index (χ1n) is 8.08. The average molecular weight is 377 g/mol. The molecule has 128 valence electrons. The van der Waals surface area contributed by atoms with Crippen molar-refractivity contribution in [2.75, 3.05) is 5.75 Å². The fourth-order valence-corrected chi connectivity index (χ4v) is 4.47. The number of hydrogen-bond acceptors (Lipinski definition) is 5. The van der Waals surface area contributed by atoms with Crippen LogP contribution in [-0.4, -0.2) is 22.9 Å². The van der Waals surface area contributed by atoms with Gasteiger partial charge in [-0.05, 0) is 22.9 Å². The highest BCUT2D eigenvalue weighted by atomic mass is 32.2. The number of hydrogen-bond donors (Lipinski definition) is 1. The van der Waals surface area contributed by atoms with Gasteiger partial charge in [0.25, 0.3) is 5.91 Å². The van der Waals surface area contributed by atoms with E-state index < -0.39 is 0 Å². The van der Waals surface area contributed by atoms with Gasteiger partial charge in [0, 0.05) is 5.56 Å². The van der Waals surface area contributed by atoms with Crippen LogP contribution in [0.2, 0.25) is 0 Å². The molecule has 0 spiro atoms. The summed E-state index contributed by atoms with van der Waals surface area (Å²) >= 11 is 3.02. The average Bonchev–Trinajstić information content (AvgIpc) is 3.10. The second-order valence-electron chi connectivity index (χ2n) is 5.60. The molecule has 0 aliphatic heterocycles. The smallest absolute Gasteiger partial charge is 0.250 e. The molecule has 26 heavy (non-hydrogen) atoms. The molecule has 0 atom stereocenters. The molecule has 4 aromatic rings. The van der Waals surface area contributed by atoms with Gasteiger partial charge in [0.2, 0.25) is 0 Å². The van der Waals surface area contributed by atoms with E-state index >= 15 is 0 Å². The van der Waals surface area contributed by atoms with Crippen molar-refractivity contribution in [3.05, 3.63) is 72.3 Å². The number of nitrogens with one attached hydrogen (secondary N) is 1. The van der Waals surface area contributed by atoms with Crippen molar-refractivity contribution in [2.24, 2.45) is 5.10 Å². The lowest BCUT2D eigenvalue weighted by Crippen LogP contribution is -2.19. The summed E-state index contributed by atoms with van der Waals surface area (Å²) in [6, 6.07) is 22.1. The summed E-state index contributed by atoms with van der Waals surface area (Å²) in [6.07, 6.45) is 1.68. The number of nitrogens with zero attached hydrogens (tertiary/aromatic N) is 2. The Morgan fingerprint density at radius 3 is 2.81 bits per heavy atom. The first-order valence-corrected chi connectivity index (χ1v) is 9.88. The molecule has 0 saturated heterocycles. The SMILES string of the molecule is O=C(CSc1nc2ccccc2s1)N/N=C\c1cccc2ccccc12. The van der Waals surface area contributed by atoms with Crippen molar-refractivity contribution in [2.45, 2.75) is 4.34 Å². The van der Waals surface area contributed by atoms with E-state index in [0.717, 1.165) is 30.9 Å². The van der Waals surface area contributed by atoms with Crippen LogP contribution >= 0.6 is 23.1 Å². The van der Waals surface area contributed by atoms with Crippen LogP contribution in [0.4, 0.5) is 0 Å². The van der Waals surface area contributed by atoms with Crippen LogP contribution in [-0.2, 0) is 4.79 Å². The summed E-state index contributed by atoms with van der Waals surface area (Å²) in [6.45, 7) is 0. The third kappa shape index (κ3) is 3.76. The lowest BCUT2D eigenvalue weighted by molar-refractivity contribution is -0.118. The molecule has 0 aliphatic rings. The summed E-state index contributed by atoms with van der Waals surface area (Å²) in [4.78, 5) is 16.5. The first kappa shape index (κ1) is 16.8. The quantitative estimate of drug-likeness (QED) is 0.312. The number of carbonyl (C=O) groups excluding carboxylic acids is 1. The third-order valence-corrected chi connectivity index (χ3v) is 6.00. The Morgan fingerprint density at radius 1 is 1.08 bits per heavy atom. The zero-order valence-electron chi connectivity index (χ0n) is 13.8. The van der Waals surface area contributed by atoms with Crippen LogP contribution in [0.1, 0.15) is 5.56 Å². The van der Waals surface area contributed by atoms with E-state index in [2.05, 4.69) is 27.6 Å². The van der Waals surface area contributed by atoms with Crippen LogP contribution in [0.25, 0.3) is 21.0 Å². The maximum absolute atomic E-state index is 12.0. The van der Waals surface area contributed by atoms with Gasteiger partial charge in [0.1, 0.15) is 0 Å². The summed E-state index contributed by atoms with van der Waals surface area (Å²) in [5.74, 6) is 0.137. The molecule has 0 fully saturated rings. The zero-order valence-corrected chi connectivity index (χ0v) is 15.4. The number of benzene rings is 3. The van der Waals surface area contributed by atoms with Gasteiger partial charge in [-0.25, -0.2) is 10.4 Å². The summed E-state index contributed by atoms with van der Waals surface area (Å²) in [5, 5.41) is 6.35. The fourth-order valence-electron chi connectivity index (χ4n) is 2.61. The molecule has 0 aliphatic carbocycles. The predicted molar refractivity (Wildman–Crippen MR) is 110 cm³/mol. The number of para-hydroxylation sites is 1. The Morgan fingerprint density at radius 2 is 1.88 bits per heavy atom. The van der Waals surface area contributed by atoms with E-state index in [9.17, 15) is 4.79 Å². The van der Waals surface area contributed by atoms with Gasteiger partial charge in [-0.3, -0.25) is 4.79 Å². The van der Waals surface area contributed by atoms with E-state index in [1.165, 1.54) is 11.8 Å². The highest BCUT2D eigenvalue weighted by Gasteiger charge is 2.07. The number of thiazole rings is 1. The zero-order chi connectivity index (χ0) is 17.8. The molecule has 0 bridgehead atoms. The second-order valence-corrected chi connectivity index (χ2v) is 7.85. The van der Waals surface area contributed by atoms with Crippen LogP contribution < -0.4 is 5.43 Å². The maximum atomic E-state index is 12.0. The molecule has 1 amide bonds. The van der Waals surface area contributed by atoms with Crippen molar-refractivity contribution in [1.82, 2.24) is 10.4 Å². The Hall–Kier alpha value is -2.70. The number of rotatable bonds is 5. The van der Waals surface area contributed by atoms with Gasteiger partial charge in [-0.2, -0.15) is 5.10 Å². The van der Waals surface area contributed by atoms with Crippen molar-refractivity contribution in [1.29, 1.82) is 0 Å². The van der Waals surface area contributed by atoms with Crippen molar-refractivity contribution < 1.29 is 4.79 Å². The number of hydrazone groups is 1. The molecule has 1 heterocycles. The maximum Gasteiger partial charge on any atom is 0.250 e. The minimum atomic E-state index is -0.147. The lowest BCUT2D eigenvalue weighted by atomic mass is 10.1. The summed E-state index contributed by atoms with van der Waals surface area (Å²) in [7, 11) is 0. The molecule has 4 rings (SSSR count). The first-order chi connectivity index (χ1) is 12.8. The number of amides is 1. The predicted octanol–water partition coefficient (Wildman–Crippen LogP) is 4.69. The summed E-state index contributed by atoms with van der Waals surface area (Å²) in [5.41, 5.74) is 4.53. The van der Waals surface area contributed by atoms with E-state index in [4.69, 9.17) is 0 Å². The van der Waals surface area contributed by atoms with Gasteiger partial charge in [0.15, 0.2) is 4.34 Å². The van der Waals surface area contributed by atoms with E-state index in [-0.39, 0.29) is 11.7 Å². The van der Waals surface area contributed by atoms with Crippen LogP contribution in [0.3, 0.4) is 0 Å². The van der Waals surface area contributed by atoms with Crippen molar-refractivity contribution in [3.63, 3.8) is 0 Å². The number of aromatic nitrogens is 1. The molecular weight excluding hydrogens is 362 g/mol. The molecule has 0 saturated carbocycles. The minimum absolute atomic E-state index is 0.147. The molecular formula is C20H15N3OS2. The Bertz CT molecular complexity index is 1070. The standard InChI is InChI=1S/C20H15N3OS2/c24-19(13-25-20-22-17-10-3-4-11-18(17)26-20)23-21-12-15-8-5-7-14-6-1-2-9-16(14)15/h1-12H,13H2,(H,23,24)/b21-12-. The largest absolute Gasteiger partial charge is 0.272 e. The summed E-state index contributed by atoms with van der Waals surface area (Å²) < 4.78 is 2.02. The van der Waals surface area contributed by atoms with Crippen LogP contribution in [0.5, 0.6) is 0 Å². The van der Waals surface area contributed by atoms with Gasteiger partial charge in [-0.15, -0.1) is 11.3 Å². The molecule has 0 radical (unpaired) electrons. The number of carbonyl (C=O) groups is 1. The van der Waals surface area contributed by atoms with E-state index in [1.54, 1.807) is 17.6 Å². The number of thioether (sulfide) groups is 1. The van der Waals surface area contributed by atoms with Crippen LogP contribution in [0.15, 0.2) is 76.2 Å². The van der Waals surface area contributed by atoms with Crippen LogP contribution in [0, 0.1) is 0 Å². The highest BCUT2D eigenvalue weighted by Crippen LogP contribution is 2.29. The molecule has 1 N–H and O–H groups in total. The molecule has 1 aromatic heterocycles. The van der Waals surface area contributed by atoms with E-state index in [0.29, 0.717) is 0 Å². The molecule has 6 heteroatoms. The third-order valence-electron chi connectivity index (χ3n) is 3.82. The van der Waals surface area contributed by atoms with Crippen molar-refractivity contribution in [3.8, 4) is 0 Å². The normalized spacial score (nSPS) is 11.4. The van der Waals surface area contributed by atoms with E-state index in [1.807, 2.05) is 54.6 Å². The lowest BCUT2D eigenvalue weighted by Gasteiger charge is -2.01. The fraction of sp³-hybridized carbons (Fsp3) is 0.0500. The van der Waals surface area contributed by atoms with Gasteiger partial charge in [-0.1, -0.05) is 66.4 Å².